The minimum absolute atomic E-state index is 0.0308. The van der Waals surface area contributed by atoms with Crippen LogP contribution in [0, 0.1) is 12.8 Å². The highest BCUT2D eigenvalue weighted by Gasteiger charge is 2.24. The van der Waals surface area contributed by atoms with Crippen LogP contribution < -0.4 is 4.90 Å². The third kappa shape index (κ3) is 2.68. The molecule has 4 nitrogen and oxygen atoms in total. The Morgan fingerprint density at radius 2 is 2.00 bits per heavy atom. The summed E-state index contributed by atoms with van der Waals surface area (Å²) in [4.78, 5) is 2.25. The number of aromatic nitrogens is 2. The first kappa shape index (κ1) is 14.1. The van der Waals surface area contributed by atoms with E-state index in [2.05, 4.69) is 17.0 Å². The van der Waals surface area contributed by atoms with Crippen LogP contribution in [0.2, 0.25) is 0 Å². The van der Waals surface area contributed by atoms with Crippen molar-refractivity contribution in [1.29, 1.82) is 0 Å². The van der Waals surface area contributed by atoms with Crippen LogP contribution in [0.25, 0.3) is 5.69 Å². The number of hydrogen-bond acceptors (Lipinski definition) is 3. The normalized spacial score (nSPS) is 15.0. The molecule has 0 radical (unpaired) electrons. The molecule has 0 spiro atoms. The zero-order valence-corrected chi connectivity index (χ0v) is 12.8. The Balaban J connectivity index is 1.99. The minimum Gasteiger partial charge on any atom is -0.391 e. The molecule has 21 heavy (non-hydrogen) atoms. The maximum Gasteiger partial charge on any atom is 0.137 e. The van der Waals surface area contributed by atoms with E-state index in [1.54, 1.807) is 0 Å². The summed E-state index contributed by atoms with van der Waals surface area (Å²) in [7, 11) is 2.10. The van der Waals surface area contributed by atoms with E-state index in [0.717, 1.165) is 35.2 Å². The third-order valence-electron chi connectivity index (χ3n) is 4.43. The summed E-state index contributed by atoms with van der Waals surface area (Å²) in [6, 6.07) is 10.1. The van der Waals surface area contributed by atoms with Gasteiger partial charge in [-0.25, -0.2) is 4.68 Å². The van der Waals surface area contributed by atoms with Crippen molar-refractivity contribution in [3.8, 4) is 5.69 Å². The molecule has 0 bridgehead atoms. The van der Waals surface area contributed by atoms with Crippen molar-refractivity contribution in [3.63, 3.8) is 0 Å². The van der Waals surface area contributed by atoms with Gasteiger partial charge >= 0.3 is 0 Å². The van der Waals surface area contributed by atoms with E-state index in [0.29, 0.717) is 0 Å². The van der Waals surface area contributed by atoms with Crippen LogP contribution in [0.4, 0.5) is 5.82 Å². The van der Waals surface area contributed by atoms with E-state index < -0.39 is 0 Å². The monoisotopic (exact) mass is 285 g/mol. The molecule has 0 atom stereocenters. The molecule has 1 aliphatic carbocycles. The standard InChI is InChI=1S/C17H23N3O/c1-13-16(12-21)17(19(2)11-14-7-6-8-14)20(18-13)15-9-4-3-5-10-15/h3-5,9-10,14,21H,6-8,11-12H2,1-2H3. The average Bonchev–Trinajstić information content (AvgIpc) is 2.80. The van der Waals surface area contributed by atoms with Gasteiger partial charge < -0.3 is 10.0 Å². The maximum absolute atomic E-state index is 9.73. The quantitative estimate of drug-likeness (QED) is 0.918. The number of hydrogen-bond donors (Lipinski definition) is 1. The Morgan fingerprint density at radius 1 is 1.29 bits per heavy atom. The van der Waals surface area contributed by atoms with Gasteiger partial charge in [0.2, 0.25) is 0 Å². The van der Waals surface area contributed by atoms with Crippen molar-refractivity contribution in [2.45, 2.75) is 32.8 Å². The Morgan fingerprint density at radius 3 is 2.57 bits per heavy atom. The molecule has 1 heterocycles. The summed E-state index contributed by atoms with van der Waals surface area (Å²) in [5.41, 5.74) is 2.87. The molecule has 3 rings (SSSR count). The second kappa shape index (κ2) is 5.90. The molecule has 1 fully saturated rings. The van der Waals surface area contributed by atoms with Gasteiger partial charge in [0.25, 0.3) is 0 Å². The lowest BCUT2D eigenvalue weighted by Crippen LogP contribution is -2.31. The second-order valence-corrected chi connectivity index (χ2v) is 5.97. The van der Waals surface area contributed by atoms with Crippen molar-refractivity contribution in [2.75, 3.05) is 18.5 Å². The van der Waals surface area contributed by atoms with Gasteiger partial charge in [-0.15, -0.1) is 0 Å². The second-order valence-electron chi connectivity index (χ2n) is 5.97. The van der Waals surface area contributed by atoms with Crippen LogP contribution in [-0.4, -0.2) is 28.5 Å². The number of anilines is 1. The van der Waals surface area contributed by atoms with Crippen LogP contribution in [0.15, 0.2) is 30.3 Å². The number of aliphatic hydroxyl groups is 1. The first-order chi connectivity index (χ1) is 10.2. The van der Waals surface area contributed by atoms with Gasteiger partial charge in [-0.2, -0.15) is 5.10 Å². The molecule has 0 unspecified atom stereocenters. The van der Waals surface area contributed by atoms with E-state index in [1.807, 2.05) is 41.9 Å². The zero-order valence-electron chi connectivity index (χ0n) is 12.8. The summed E-state index contributed by atoms with van der Waals surface area (Å²) in [6.07, 6.45) is 3.98. The molecule has 2 aromatic rings. The number of nitrogens with zero attached hydrogens (tertiary/aromatic N) is 3. The topological polar surface area (TPSA) is 41.3 Å². The summed E-state index contributed by atoms with van der Waals surface area (Å²) in [5, 5.41) is 14.4. The smallest absolute Gasteiger partial charge is 0.137 e. The van der Waals surface area contributed by atoms with Gasteiger partial charge in [0.15, 0.2) is 0 Å². The number of aryl methyl sites for hydroxylation is 1. The van der Waals surface area contributed by atoms with E-state index in [4.69, 9.17) is 0 Å². The number of para-hydroxylation sites is 1. The lowest BCUT2D eigenvalue weighted by Gasteiger charge is -2.31. The number of aliphatic hydroxyl groups excluding tert-OH is 1. The Hall–Kier alpha value is -1.81. The van der Waals surface area contributed by atoms with Crippen LogP contribution >= 0.6 is 0 Å². The van der Waals surface area contributed by atoms with Gasteiger partial charge in [-0.3, -0.25) is 0 Å². The first-order valence-corrected chi connectivity index (χ1v) is 7.66. The molecule has 1 aromatic heterocycles. The number of benzene rings is 1. The minimum atomic E-state index is 0.0308. The van der Waals surface area contributed by atoms with Gasteiger partial charge in [0, 0.05) is 19.2 Å². The first-order valence-electron chi connectivity index (χ1n) is 7.66. The fourth-order valence-corrected chi connectivity index (χ4v) is 3.02. The lowest BCUT2D eigenvalue weighted by atomic mass is 9.85. The van der Waals surface area contributed by atoms with Crippen molar-refractivity contribution in [2.24, 2.45) is 5.92 Å². The van der Waals surface area contributed by atoms with Crippen LogP contribution in [0.3, 0.4) is 0 Å². The molecule has 1 aliphatic rings. The van der Waals surface area contributed by atoms with E-state index in [1.165, 1.54) is 19.3 Å². The Labute approximate surface area is 126 Å². The summed E-state index contributed by atoms with van der Waals surface area (Å²) < 4.78 is 1.96. The lowest BCUT2D eigenvalue weighted by molar-refractivity contribution is 0.280. The highest BCUT2D eigenvalue weighted by atomic mass is 16.3. The van der Waals surface area contributed by atoms with Crippen LogP contribution in [-0.2, 0) is 6.61 Å². The third-order valence-corrected chi connectivity index (χ3v) is 4.43. The van der Waals surface area contributed by atoms with Crippen LogP contribution in [0.5, 0.6) is 0 Å². The van der Waals surface area contributed by atoms with E-state index in [-0.39, 0.29) is 6.61 Å². The van der Waals surface area contributed by atoms with Crippen molar-refractivity contribution < 1.29 is 5.11 Å². The molecule has 1 N–H and O–H groups in total. The van der Waals surface area contributed by atoms with Gasteiger partial charge in [-0.1, -0.05) is 24.6 Å². The van der Waals surface area contributed by atoms with Gasteiger partial charge in [0.1, 0.15) is 5.82 Å². The van der Waals surface area contributed by atoms with Crippen molar-refractivity contribution in [3.05, 3.63) is 41.6 Å². The van der Waals surface area contributed by atoms with Gasteiger partial charge in [-0.05, 0) is 37.8 Å². The highest BCUT2D eigenvalue weighted by Crippen LogP contribution is 2.31. The maximum atomic E-state index is 9.73. The molecule has 112 valence electrons. The van der Waals surface area contributed by atoms with Crippen LogP contribution in [0.1, 0.15) is 30.5 Å². The summed E-state index contributed by atoms with van der Waals surface area (Å²) in [6.45, 7) is 3.03. The van der Waals surface area contributed by atoms with Crippen molar-refractivity contribution >= 4 is 5.82 Å². The molecular formula is C17H23N3O. The summed E-state index contributed by atoms with van der Waals surface area (Å²) in [5.74, 6) is 1.80. The molecule has 0 aliphatic heterocycles. The van der Waals surface area contributed by atoms with E-state index >= 15 is 0 Å². The largest absolute Gasteiger partial charge is 0.391 e. The molecule has 0 amide bonds. The molecule has 4 heteroatoms. The molecule has 1 aromatic carbocycles. The molecule has 1 saturated carbocycles. The average molecular weight is 285 g/mol. The van der Waals surface area contributed by atoms with Crippen molar-refractivity contribution in [1.82, 2.24) is 9.78 Å². The molecular weight excluding hydrogens is 262 g/mol. The predicted molar refractivity (Wildman–Crippen MR) is 84.8 cm³/mol. The molecule has 0 saturated heterocycles. The number of rotatable bonds is 5. The zero-order chi connectivity index (χ0) is 14.8. The highest BCUT2D eigenvalue weighted by molar-refractivity contribution is 5.54. The Kier molecular flexibility index (Phi) is 3.97. The van der Waals surface area contributed by atoms with E-state index in [9.17, 15) is 5.11 Å². The SMILES string of the molecule is Cc1nn(-c2ccccc2)c(N(C)CC2CCC2)c1CO. The fraction of sp³-hybridized carbons (Fsp3) is 0.471. The van der Waals surface area contributed by atoms with Gasteiger partial charge in [0.05, 0.1) is 18.0 Å². The Bertz CT molecular complexity index is 602. The fourth-order valence-electron chi connectivity index (χ4n) is 3.02. The summed E-state index contributed by atoms with van der Waals surface area (Å²) >= 11 is 0. The predicted octanol–water partition coefficient (Wildman–Crippen LogP) is 2.91.